The lowest BCUT2D eigenvalue weighted by atomic mass is 9.97. The molecular formula is C12H19NO2. The number of hydrogen-bond acceptors (Lipinski definition) is 3. The smallest absolute Gasteiger partial charge is 0.106 e. The number of benzene rings is 1. The Labute approximate surface area is 90.8 Å². The molecule has 0 fully saturated rings. The van der Waals surface area contributed by atoms with E-state index < -0.39 is 12.2 Å². The molecule has 0 aliphatic carbocycles. The molecule has 1 aromatic rings. The number of aliphatic hydroxyl groups excluding tert-OH is 2. The Balaban J connectivity index is 2.89. The molecule has 0 aliphatic heterocycles. The summed E-state index contributed by atoms with van der Waals surface area (Å²) < 4.78 is 0. The van der Waals surface area contributed by atoms with Crippen LogP contribution in [-0.2, 0) is 0 Å². The molecule has 84 valence electrons. The van der Waals surface area contributed by atoms with Crippen molar-refractivity contribution in [2.24, 2.45) is 0 Å². The fourth-order valence-corrected chi connectivity index (χ4v) is 1.61. The predicted octanol–water partition coefficient (Wildman–Crippen LogP) is 0.917. The van der Waals surface area contributed by atoms with Crippen LogP contribution in [0.1, 0.15) is 22.8 Å². The fourth-order valence-electron chi connectivity index (χ4n) is 1.61. The van der Waals surface area contributed by atoms with Crippen LogP contribution in [0.3, 0.4) is 0 Å². The summed E-state index contributed by atoms with van der Waals surface area (Å²) in [5.74, 6) is 0. The van der Waals surface area contributed by atoms with Gasteiger partial charge in [0, 0.05) is 6.54 Å². The van der Waals surface area contributed by atoms with Gasteiger partial charge in [0.05, 0.1) is 6.10 Å². The van der Waals surface area contributed by atoms with E-state index in [-0.39, 0.29) is 0 Å². The molecule has 0 aromatic heterocycles. The van der Waals surface area contributed by atoms with Crippen molar-refractivity contribution >= 4 is 0 Å². The van der Waals surface area contributed by atoms with E-state index in [0.29, 0.717) is 6.54 Å². The second-order valence-electron chi connectivity index (χ2n) is 3.93. The van der Waals surface area contributed by atoms with Crippen molar-refractivity contribution in [1.82, 2.24) is 5.32 Å². The molecule has 0 saturated carbocycles. The van der Waals surface area contributed by atoms with Crippen LogP contribution >= 0.6 is 0 Å². The van der Waals surface area contributed by atoms with E-state index in [2.05, 4.69) is 5.32 Å². The maximum Gasteiger partial charge on any atom is 0.106 e. The van der Waals surface area contributed by atoms with E-state index in [1.165, 1.54) is 0 Å². The third-order valence-corrected chi connectivity index (χ3v) is 2.53. The third kappa shape index (κ3) is 3.02. The average molecular weight is 209 g/mol. The summed E-state index contributed by atoms with van der Waals surface area (Å²) in [5.41, 5.74) is 2.90. The largest absolute Gasteiger partial charge is 0.389 e. The Morgan fingerprint density at radius 1 is 1.27 bits per heavy atom. The molecule has 3 heteroatoms. The van der Waals surface area contributed by atoms with Crippen molar-refractivity contribution in [2.45, 2.75) is 26.1 Å². The summed E-state index contributed by atoms with van der Waals surface area (Å²) in [6.45, 7) is 4.29. The Morgan fingerprint density at radius 2 is 1.93 bits per heavy atom. The molecule has 0 saturated heterocycles. The van der Waals surface area contributed by atoms with Crippen LogP contribution in [0.2, 0.25) is 0 Å². The molecule has 2 atom stereocenters. The maximum atomic E-state index is 9.94. The van der Waals surface area contributed by atoms with Gasteiger partial charge in [0.1, 0.15) is 6.10 Å². The van der Waals surface area contributed by atoms with Gasteiger partial charge >= 0.3 is 0 Å². The van der Waals surface area contributed by atoms with Gasteiger partial charge in [-0.05, 0) is 32.0 Å². The quantitative estimate of drug-likeness (QED) is 0.691. The van der Waals surface area contributed by atoms with Crippen LogP contribution < -0.4 is 5.32 Å². The Hall–Kier alpha value is -0.900. The fraction of sp³-hybridized carbons (Fsp3) is 0.500. The monoisotopic (exact) mass is 209 g/mol. The number of hydrogen-bond donors (Lipinski definition) is 3. The van der Waals surface area contributed by atoms with Crippen LogP contribution in [-0.4, -0.2) is 29.9 Å². The minimum atomic E-state index is -0.822. The second kappa shape index (κ2) is 5.26. The topological polar surface area (TPSA) is 52.5 Å². The lowest BCUT2D eigenvalue weighted by molar-refractivity contribution is 0.0198. The van der Waals surface area contributed by atoms with Gasteiger partial charge in [-0.15, -0.1) is 0 Å². The van der Waals surface area contributed by atoms with Crippen molar-refractivity contribution in [2.75, 3.05) is 13.6 Å². The third-order valence-electron chi connectivity index (χ3n) is 2.53. The average Bonchev–Trinajstić information content (AvgIpc) is 2.21. The van der Waals surface area contributed by atoms with Crippen molar-refractivity contribution in [1.29, 1.82) is 0 Å². The lowest BCUT2D eigenvalue weighted by Gasteiger charge is -2.20. The summed E-state index contributed by atoms with van der Waals surface area (Å²) in [5, 5.41) is 22.5. The highest BCUT2D eigenvalue weighted by atomic mass is 16.3. The molecule has 1 aromatic carbocycles. The molecule has 0 amide bonds. The zero-order valence-corrected chi connectivity index (χ0v) is 9.49. The molecule has 0 bridgehead atoms. The van der Waals surface area contributed by atoms with E-state index >= 15 is 0 Å². The van der Waals surface area contributed by atoms with E-state index in [1.54, 1.807) is 7.05 Å². The molecule has 0 aliphatic rings. The Bertz CT molecular complexity index is 325. The van der Waals surface area contributed by atoms with Gasteiger partial charge in [0.2, 0.25) is 0 Å². The van der Waals surface area contributed by atoms with Crippen molar-refractivity contribution in [3.8, 4) is 0 Å². The molecule has 15 heavy (non-hydrogen) atoms. The highest BCUT2D eigenvalue weighted by Crippen LogP contribution is 2.21. The van der Waals surface area contributed by atoms with Crippen molar-refractivity contribution in [3.63, 3.8) is 0 Å². The number of rotatable bonds is 4. The van der Waals surface area contributed by atoms with E-state index in [9.17, 15) is 10.2 Å². The number of likely N-dealkylation sites (N-methyl/N-ethyl adjacent to an activating group) is 1. The number of nitrogens with one attached hydrogen (secondary N) is 1. The molecule has 0 spiro atoms. The minimum Gasteiger partial charge on any atom is -0.389 e. The first kappa shape index (κ1) is 12.2. The van der Waals surface area contributed by atoms with Gasteiger partial charge in [-0.2, -0.15) is 0 Å². The molecule has 0 heterocycles. The number of aliphatic hydroxyl groups is 2. The van der Waals surface area contributed by atoms with Crippen LogP contribution in [0.4, 0.5) is 0 Å². The first-order valence-corrected chi connectivity index (χ1v) is 5.14. The summed E-state index contributed by atoms with van der Waals surface area (Å²) in [4.78, 5) is 0. The zero-order valence-electron chi connectivity index (χ0n) is 9.49. The van der Waals surface area contributed by atoms with Gasteiger partial charge < -0.3 is 15.5 Å². The van der Waals surface area contributed by atoms with Gasteiger partial charge in [-0.1, -0.05) is 23.8 Å². The number of aryl methyl sites for hydroxylation is 2. The van der Waals surface area contributed by atoms with Crippen LogP contribution in [0.25, 0.3) is 0 Å². The Kier molecular flexibility index (Phi) is 4.27. The predicted molar refractivity (Wildman–Crippen MR) is 60.8 cm³/mol. The maximum absolute atomic E-state index is 9.94. The standard InChI is InChI=1S/C12H19NO2/c1-8-4-5-9(2)10(6-8)12(15)11(14)7-13-3/h4-6,11-15H,7H2,1-3H3. The molecule has 0 radical (unpaired) electrons. The van der Waals surface area contributed by atoms with Gasteiger partial charge in [0.15, 0.2) is 0 Å². The highest BCUT2D eigenvalue weighted by molar-refractivity contribution is 5.32. The molecule has 2 unspecified atom stereocenters. The SMILES string of the molecule is CNCC(O)C(O)c1cc(C)ccc1C. The second-order valence-corrected chi connectivity index (χ2v) is 3.93. The molecule has 3 nitrogen and oxygen atoms in total. The minimum absolute atomic E-state index is 0.383. The highest BCUT2D eigenvalue weighted by Gasteiger charge is 2.19. The molecular weight excluding hydrogens is 190 g/mol. The first-order valence-electron chi connectivity index (χ1n) is 5.14. The van der Waals surface area contributed by atoms with E-state index in [1.807, 2.05) is 32.0 Å². The van der Waals surface area contributed by atoms with Crippen LogP contribution in [0.15, 0.2) is 18.2 Å². The summed E-state index contributed by atoms with van der Waals surface area (Å²) in [7, 11) is 1.75. The van der Waals surface area contributed by atoms with E-state index in [4.69, 9.17) is 0 Å². The summed E-state index contributed by atoms with van der Waals surface area (Å²) in [6.07, 6.45) is -1.59. The van der Waals surface area contributed by atoms with Gasteiger partial charge in [-0.3, -0.25) is 0 Å². The lowest BCUT2D eigenvalue weighted by Crippen LogP contribution is -2.30. The Morgan fingerprint density at radius 3 is 2.53 bits per heavy atom. The molecule has 3 N–H and O–H groups in total. The molecule has 1 rings (SSSR count). The van der Waals surface area contributed by atoms with Crippen LogP contribution in [0, 0.1) is 13.8 Å². The van der Waals surface area contributed by atoms with Crippen molar-refractivity contribution < 1.29 is 10.2 Å². The van der Waals surface area contributed by atoms with E-state index in [0.717, 1.165) is 16.7 Å². The van der Waals surface area contributed by atoms with Crippen molar-refractivity contribution in [3.05, 3.63) is 34.9 Å². The normalized spacial score (nSPS) is 15.0. The van der Waals surface area contributed by atoms with Gasteiger partial charge in [0.25, 0.3) is 0 Å². The zero-order chi connectivity index (χ0) is 11.4. The summed E-state index contributed by atoms with van der Waals surface area (Å²) >= 11 is 0. The summed E-state index contributed by atoms with van der Waals surface area (Å²) in [6, 6.07) is 5.87. The van der Waals surface area contributed by atoms with Crippen LogP contribution in [0.5, 0.6) is 0 Å². The van der Waals surface area contributed by atoms with Gasteiger partial charge in [-0.25, -0.2) is 0 Å². The first-order chi connectivity index (χ1) is 7.06.